The summed E-state index contributed by atoms with van der Waals surface area (Å²) in [6, 6.07) is 40.4. The summed E-state index contributed by atoms with van der Waals surface area (Å²) < 4.78 is 16.4. The Morgan fingerprint density at radius 1 is 0.657 bits per heavy atom. The molecule has 178 valence electrons. The predicted molar refractivity (Wildman–Crippen MR) is 148 cm³/mol. The maximum atomic E-state index is 13.4. The van der Waals surface area contributed by atoms with E-state index in [4.69, 9.17) is 4.99 Å². The van der Waals surface area contributed by atoms with Crippen LogP contribution in [0.2, 0.25) is 0 Å². The molecule has 1 N–H and O–H groups in total. The molecular formula is C31H32N2OS. The molecule has 0 spiro atoms. The molecule has 4 heteroatoms. The first-order valence-electron chi connectivity index (χ1n) is 11.9. The van der Waals surface area contributed by atoms with Gasteiger partial charge in [0.05, 0.1) is 33.5 Å². The zero-order valence-corrected chi connectivity index (χ0v) is 21.3. The fraction of sp³-hybridized carbons (Fsp3) is 0.194. The first kappa shape index (κ1) is 24.8. The Kier molecular flexibility index (Phi) is 8.06. The molecule has 0 radical (unpaired) electrons. The Balaban J connectivity index is 1.92. The van der Waals surface area contributed by atoms with E-state index in [1.807, 2.05) is 93.6 Å². The van der Waals surface area contributed by atoms with Crippen LogP contribution in [0.5, 0.6) is 0 Å². The highest BCUT2D eigenvalue weighted by Gasteiger charge is 2.30. The SMILES string of the molecule is CC(C)(C)[S@](=O)N[C@H](c1ccccc1)[C@@H](N=C(c1ccccc1)c1ccccc1)c1ccccc1. The molecule has 0 fully saturated rings. The molecule has 0 aromatic heterocycles. The minimum Gasteiger partial charge on any atom is -0.274 e. The quantitative estimate of drug-likeness (QED) is 0.270. The minimum absolute atomic E-state index is 0.291. The van der Waals surface area contributed by atoms with Gasteiger partial charge in [0.1, 0.15) is 0 Å². The standard InChI is InChI=1S/C31H32N2OS/c1-31(2,3)35(34)33-30(27-22-14-7-15-23-27)29(26-20-12-6-13-21-26)32-28(24-16-8-4-9-17-24)25-18-10-5-11-19-25/h4-23,29-30,33H,1-3H3/t29-,30+,35-/m0/s1. The van der Waals surface area contributed by atoms with Crippen molar-refractivity contribution in [2.45, 2.75) is 37.6 Å². The van der Waals surface area contributed by atoms with Crippen LogP contribution in [0.15, 0.2) is 126 Å². The zero-order chi connectivity index (χ0) is 24.7. The summed E-state index contributed by atoms with van der Waals surface area (Å²) in [6.07, 6.45) is 0. The van der Waals surface area contributed by atoms with E-state index in [2.05, 4.69) is 53.3 Å². The van der Waals surface area contributed by atoms with Crippen molar-refractivity contribution in [2.75, 3.05) is 0 Å². The van der Waals surface area contributed by atoms with Gasteiger partial charge in [0, 0.05) is 11.1 Å². The van der Waals surface area contributed by atoms with E-state index in [-0.39, 0.29) is 12.1 Å². The Labute approximate surface area is 211 Å². The molecule has 0 unspecified atom stereocenters. The number of aliphatic imine (C=N–C) groups is 1. The zero-order valence-electron chi connectivity index (χ0n) is 20.5. The van der Waals surface area contributed by atoms with Crippen LogP contribution >= 0.6 is 0 Å². The highest BCUT2D eigenvalue weighted by molar-refractivity contribution is 7.84. The number of benzene rings is 4. The fourth-order valence-corrected chi connectivity index (χ4v) is 4.76. The van der Waals surface area contributed by atoms with Gasteiger partial charge in [-0.3, -0.25) is 4.99 Å². The molecule has 0 aliphatic rings. The summed E-state index contributed by atoms with van der Waals surface area (Å²) in [7, 11) is -1.29. The topological polar surface area (TPSA) is 41.5 Å². The van der Waals surface area contributed by atoms with Gasteiger partial charge in [-0.2, -0.15) is 0 Å². The number of nitrogens with zero attached hydrogens (tertiary/aromatic N) is 1. The second kappa shape index (κ2) is 11.4. The maximum absolute atomic E-state index is 13.4. The third-order valence-electron chi connectivity index (χ3n) is 5.77. The Hall–Kier alpha value is -3.34. The molecule has 0 heterocycles. The highest BCUT2D eigenvalue weighted by atomic mass is 32.2. The van der Waals surface area contributed by atoms with Gasteiger partial charge in [-0.1, -0.05) is 121 Å². The van der Waals surface area contributed by atoms with Crippen LogP contribution in [0.25, 0.3) is 0 Å². The van der Waals surface area contributed by atoms with Crippen molar-refractivity contribution in [1.82, 2.24) is 4.72 Å². The molecule has 0 saturated heterocycles. The molecule has 0 aliphatic carbocycles. The van der Waals surface area contributed by atoms with Crippen molar-refractivity contribution < 1.29 is 4.21 Å². The Bertz CT molecular complexity index is 1210. The van der Waals surface area contributed by atoms with Crippen LogP contribution in [-0.2, 0) is 11.0 Å². The summed E-state index contributed by atoms with van der Waals surface area (Å²) in [5, 5.41) is 0. The maximum Gasteiger partial charge on any atom is 0.0976 e. The normalized spacial score (nSPS) is 14.0. The van der Waals surface area contributed by atoms with E-state index >= 15 is 0 Å². The van der Waals surface area contributed by atoms with Crippen LogP contribution in [0.4, 0.5) is 0 Å². The molecule has 3 nitrogen and oxygen atoms in total. The molecular weight excluding hydrogens is 448 g/mol. The van der Waals surface area contributed by atoms with E-state index in [9.17, 15) is 4.21 Å². The monoisotopic (exact) mass is 480 g/mol. The van der Waals surface area contributed by atoms with Gasteiger partial charge >= 0.3 is 0 Å². The van der Waals surface area contributed by atoms with E-state index < -0.39 is 15.7 Å². The summed E-state index contributed by atoms with van der Waals surface area (Å²) in [5.41, 5.74) is 5.10. The van der Waals surface area contributed by atoms with Crippen LogP contribution in [-0.4, -0.2) is 14.7 Å². The summed E-state index contributed by atoms with van der Waals surface area (Å²) in [5.74, 6) is 0. The second-order valence-corrected chi connectivity index (χ2v) is 11.5. The van der Waals surface area contributed by atoms with Gasteiger partial charge in [0.2, 0.25) is 0 Å². The Morgan fingerprint density at radius 2 is 1.06 bits per heavy atom. The van der Waals surface area contributed by atoms with Gasteiger partial charge < -0.3 is 0 Å². The third-order valence-corrected chi connectivity index (χ3v) is 7.35. The average molecular weight is 481 g/mol. The minimum atomic E-state index is -1.29. The number of nitrogens with one attached hydrogen (secondary N) is 1. The lowest BCUT2D eigenvalue weighted by molar-refractivity contribution is 0.523. The molecule has 3 atom stereocenters. The predicted octanol–water partition coefficient (Wildman–Crippen LogP) is 7.06. The summed E-state index contributed by atoms with van der Waals surface area (Å²) in [4.78, 5) is 5.42. The van der Waals surface area contributed by atoms with Gasteiger partial charge in [-0.25, -0.2) is 8.93 Å². The van der Waals surface area contributed by atoms with Crippen LogP contribution in [0.3, 0.4) is 0 Å². The molecule has 0 aliphatic heterocycles. The molecule has 0 bridgehead atoms. The Morgan fingerprint density at radius 3 is 1.49 bits per heavy atom. The van der Waals surface area contributed by atoms with Crippen molar-refractivity contribution in [2.24, 2.45) is 4.99 Å². The fourth-order valence-electron chi connectivity index (χ4n) is 3.91. The summed E-state index contributed by atoms with van der Waals surface area (Å²) >= 11 is 0. The molecule has 0 amide bonds. The van der Waals surface area contributed by atoms with E-state index in [1.165, 1.54) is 0 Å². The molecule has 35 heavy (non-hydrogen) atoms. The third kappa shape index (κ3) is 6.41. The highest BCUT2D eigenvalue weighted by Crippen LogP contribution is 2.35. The van der Waals surface area contributed by atoms with Gasteiger partial charge in [0.25, 0.3) is 0 Å². The first-order valence-corrected chi connectivity index (χ1v) is 13.0. The van der Waals surface area contributed by atoms with E-state index in [0.29, 0.717) is 0 Å². The number of hydrogen-bond acceptors (Lipinski definition) is 2. The smallest absolute Gasteiger partial charge is 0.0976 e. The van der Waals surface area contributed by atoms with Gasteiger partial charge in [0.15, 0.2) is 0 Å². The van der Waals surface area contributed by atoms with Gasteiger partial charge in [-0.15, -0.1) is 0 Å². The number of rotatable bonds is 8. The molecule has 4 aromatic carbocycles. The average Bonchev–Trinajstić information content (AvgIpc) is 2.90. The molecule has 4 aromatic rings. The van der Waals surface area contributed by atoms with E-state index in [0.717, 1.165) is 28.0 Å². The van der Waals surface area contributed by atoms with Crippen LogP contribution in [0.1, 0.15) is 55.1 Å². The van der Waals surface area contributed by atoms with Crippen molar-refractivity contribution in [3.8, 4) is 0 Å². The van der Waals surface area contributed by atoms with Crippen molar-refractivity contribution in [1.29, 1.82) is 0 Å². The van der Waals surface area contributed by atoms with E-state index in [1.54, 1.807) is 0 Å². The number of hydrogen-bond donors (Lipinski definition) is 1. The van der Waals surface area contributed by atoms with Crippen LogP contribution in [0, 0.1) is 0 Å². The lowest BCUT2D eigenvalue weighted by atomic mass is 9.93. The molecule has 4 rings (SSSR count). The van der Waals surface area contributed by atoms with Crippen LogP contribution < -0.4 is 4.72 Å². The van der Waals surface area contributed by atoms with Crippen molar-refractivity contribution >= 4 is 16.7 Å². The summed E-state index contributed by atoms with van der Waals surface area (Å²) in [6.45, 7) is 5.95. The van der Waals surface area contributed by atoms with Crippen molar-refractivity contribution in [3.05, 3.63) is 144 Å². The second-order valence-electron chi connectivity index (χ2n) is 9.45. The molecule has 0 saturated carbocycles. The largest absolute Gasteiger partial charge is 0.274 e. The van der Waals surface area contributed by atoms with Crippen molar-refractivity contribution in [3.63, 3.8) is 0 Å². The first-order chi connectivity index (χ1) is 16.9. The lowest BCUT2D eigenvalue weighted by Crippen LogP contribution is -2.38. The lowest BCUT2D eigenvalue weighted by Gasteiger charge is -2.30. The van der Waals surface area contributed by atoms with Gasteiger partial charge in [-0.05, 0) is 31.9 Å².